The molecule has 20 heavy (non-hydrogen) atoms. The van der Waals surface area contributed by atoms with Crippen LogP contribution in [0, 0.1) is 11.3 Å². The van der Waals surface area contributed by atoms with Crippen LogP contribution in [0.1, 0.15) is 59.3 Å². The highest BCUT2D eigenvalue weighted by Crippen LogP contribution is 2.41. The molecule has 0 radical (unpaired) electrons. The van der Waals surface area contributed by atoms with E-state index < -0.39 is 0 Å². The zero-order valence-corrected chi connectivity index (χ0v) is 13.4. The fraction of sp³-hybridized carbons (Fsp3) is 0.824. The molecule has 2 rings (SSSR count). The summed E-state index contributed by atoms with van der Waals surface area (Å²) in [4.78, 5) is 13.8. The Morgan fingerprint density at radius 2 is 2.15 bits per heavy atom. The lowest BCUT2D eigenvalue weighted by molar-refractivity contribution is -0.123. The minimum Gasteiger partial charge on any atom is -0.369 e. The number of nitrogens with zero attached hydrogens (tertiary/aromatic N) is 1. The Bertz CT molecular complexity index is 398. The summed E-state index contributed by atoms with van der Waals surface area (Å²) in [5, 5.41) is 0. The molecule has 1 fully saturated rings. The predicted octanol–water partition coefficient (Wildman–Crippen LogP) is 3.10. The topological polar surface area (TPSA) is 46.3 Å². The van der Waals surface area contributed by atoms with E-state index in [0.29, 0.717) is 5.41 Å². The third-order valence-electron chi connectivity index (χ3n) is 5.27. The number of allylic oxidation sites excluding steroid dienone is 1. The molecule has 0 spiro atoms. The molecule has 0 bridgehead atoms. The van der Waals surface area contributed by atoms with Crippen LogP contribution in [0.4, 0.5) is 0 Å². The summed E-state index contributed by atoms with van der Waals surface area (Å²) in [5.74, 6) is -0.0544. The summed E-state index contributed by atoms with van der Waals surface area (Å²) in [6, 6.07) is 0. The Hall–Kier alpha value is -0.830. The van der Waals surface area contributed by atoms with E-state index in [0.717, 1.165) is 38.9 Å². The Balaban J connectivity index is 1.93. The van der Waals surface area contributed by atoms with E-state index >= 15 is 0 Å². The third kappa shape index (κ3) is 3.63. The van der Waals surface area contributed by atoms with Gasteiger partial charge in [-0.25, -0.2) is 0 Å². The molecule has 0 saturated carbocycles. The zero-order valence-electron chi connectivity index (χ0n) is 13.4. The van der Waals surface area contributed by atoms with E-state index in [1.54, 1.807) is 11.1 Å². The number of piperidine rings is 1. The van der Waals surface area contributed by atoms with Gasteiger partial charge in [0, 0.05) is 13.1 Å². The van der Waals surface area contributed by atoms with Gasteiger partial charge in [-0.2, -0.15) is 0 Å². The van der Waals surface area contributed by atoms with Gasteiger partial charge in [-0.05, 0) is 57.4 Å². The molecule has 0 aromatic carbocycles. The van der Waals surface area contributed by atoms with E-state index in [1.165, 1.54) is 19.3 Å². The Labute approximate surface area is 123 Å². The van der Waals surface area contributed by atoms with Crippen molar-refractivity contribution in [2.45, 2.75) is 59.3 Å². The van der Waals surface area contributed by atoms with E-state index in [4.69, 9.17) is 5.73 Å². The molecule has 1 heterocycles. The first kappa shape index (κ1) is 15.6. The SMILES string of the molecule is CC1=C(CCN2CCC[C@@H](C(N)=O)C2)C(C)(C)CCC1. The number of amides is 1. The quantitative estimate of drug-likeness (QED) is 0.803. The van der Waals surface area contributed by atoms with Crippen LogP contribution in [0.2, 0.25) is 0 Å². The fourth-order valence-corrected chi connectivity index (χ4v) is 3.99. The number of hydrogen-bond acceptors (Lipinski definition) is 2. The standard InChI is InChI=1S/C17H30N2O/c1-13-6-4-9-17(2,3)15(13)8-11-19-10-5-7-14(12-19)16(18)20/h14H,4-12H2,1-3H3,(H2,18,20)/t14-/m1/s1. The fourth-order valence-electron chi connectivity index (χ4n) is 3.99. The van der Waals surface area contributed by atoms with Crippen LogP contribution in [-0.4, -0.2) is 30.4 Å². The van der Waals surface area contributed by atoms with Crippen molar-refractivity contribution in [3.8, 4) is 0 Å². The lowest BCUT2D eigenvalue weighted by Crippen LogP contribution is -2.41. The van der Waals surface area contributed by atoms with Crippen LogP contribution in [0.15, 0.2) is 11.1 Å². The van der Waals surface area contributed by atoms with Crippen molar-refractivity contribution < 1.29 is 4.79 Å². The Kier molecular flexibility index (Phi) is 4.90. The number of likely N-dealkylation sites (tertiary alicyclic amines) is 1. The van der Waals surface area contributed by atoms with E-state index in [9.17, 15) is 4.79 Å². The van der Waals surface area contributed by atoms with Gasteiger partial charge >= 0.3 is 0 Å². The van der Waals surface area contributed by atoms with Gasteiger partial charge in [0.1, 0.15) is 0 Å². The normalized spacial score (nSPS) is 27.6. The molecule has 1 saturated heterocycles. The smallest absolute Gasteiger partial charge is 0.221 e. The molecule has 1 aliphatic heterocycles. The minimum atomic E-state index is -0.122. The first-order valence-electron chi connectivity index (χ1n) is 8.11. The molecule has 1 amide bonds. The molecule has 3 nitrogen and oxygen atoms in total. The van der Waals surface area contributed by atoms with Crippen LogP contribution in [0.5, 0.6) is 0 Å². The highest BCUT2D eigenvalue weighted by atomic mass is 16.1. The van der Waals surface area contributed by atoms with Gasteiger partial charge < -0.3 is 10.6 Å². The second kappa shape index (κ2) is 6.30. The minimum absolute atomic E-state index is 0.0678. The summed E-state index contributed by atoms with van der Waals surface area (Å²) in [6.45, 7) is 10.1. The van der Waals surface area contributed by atoms with Gasteiger partial charge in [-0.3, -0.25) is 4.79 Å². The Morgan fingerprint density at radius 1 is 1.40 bits per heavy atom. The number of primary amides is 1. The summed E-state index contributed by atoms with van der Waals surface area (Å²) < 4.78 is 0. The number of rotatable bonds is 4. The highest BCUT2D eigenvalue weighted by Gasteiger charge is 2.29. The molecule has 2 N–H and O–H groups in total. The van der Waals surface area contributed by atoms with Crippen molar-refractivity contribution in [2.24, 2.45) is 17.1 Å². The predicted molar refractivity (Wildman–Crippen MR) is 83.3 cm³/mol. The first-order chi connectivity index (χ1) is 9.40. The van der Waals surface area contributed by atoms with Gasteiger partial charge in [0.15, 0.2) is 0 Å². The van der Waals surface area contributed by atoms with Crippen molar-refractivity contribution in [2.75, 3.05) is 19.6 Å². The lowest BCUT2D eigenvalue weighted by Gasteiger charge is -2.37. The summed E-state index contributed by atoms with van der Waals surface area (Å²) in [5.41, 5.74) is 9.08. The number of carbonyl (C=O) groups is 1. The van der Waals surface area contributed by atoms with E-state index in [1.807, 2.05) is 0 Å². The van der Waals surface area contributed by atoms with Crippen molar-refractivity contribution in [1.29, 1.82) is 0 Å². The molecule has 0 aromatic heterocycles. The third-order valence-corrected chi connectivity index (χ3v) is 5.27. The van der Waals surface area contributed by atoms with Crippen LogP contribution < -0.4 is 5.73 Å². The highest BCUT2D eigenvalue weighted by molar-refractivity contribution is 5.76. The summed E-state index contributed by atoms with van der Waals surface area (Å²) in [7, 11) is 0. The molecule has 0 unspecified atom stereocenters. The number of carbonyl (C=O) groups excluding carboxylic acids is 1. The number of nitrogens with two attached hydrogens (primary N) is 1. The van der Waals surface area contributed by atoms with Crippen LogP contribution in [0.3, 0.4) is 0 Å². The van der Waals surface area contributed by atoms with Crippen molar-refractivity contribution >= 4 is 5.91 Å². The lowest BCUT2D eigenvalue weighted by atomic mass is 9.71. The molecule has 0 aromatic rings. The van der Waals surface area contributed by atoms with Crippen LogP contribution in [0.25, 0.3) is 0 Å². The number of hydrogen-bond donors (Lipinski definition) is 1. The Morgan fingerprint density at radius 3 is 2.80 bits per heavy atom. The van der Waals surface area contributed by atoms with E-state index in [-0.39, 0.29) is 11.8 Å². The maximum atomic E-state index is 11.3. The molecule has 2 aliphatic rings. The molecular formula is C17H30N2O. The van der Waals surface area contributed by atoms with Crippen molar-refractivity contribution in [3.63, 3.8) is 0 Å². The van der Waals surface area contributed by atoms with Gasteiger partial charge in [-0.15, -0.1) is 0 Å². The molecule has 114 valence electrons. The average Bonchev–Trinajstić information content (AvgIpc) is 2.37. The van der Waals surface area contributed by atoms with Gasteiger partial charge in [0.2, 0.25) is 5.91 Å². The van der Waals surface area contributed by atoms with Crippen LogP contribution in [-0.2, 0) is 4.79 Å². The first-order valence-corrected chi connectivity index (χ1v) is 8.11. The van der Waals surface area contributed by atoms with Crippen molar-refractivity contribution in [1.82, 2.24) is 4.90 Å². The van der Waals surface area contributed by atoms with E-state index in [2.05, 4.69) is 25.7 Å². The summed E-state index contributed by atoms with van der Waals surface area (Å²) >= 11 is 0. The van der Waals surface area contributed by atoms with Crippen LogP contribution >= 0.6 is 0 Å². The molecular weight excluding hydrogens is 248 g/mol. The van der Waals surface area contributed by atoms with Gasteiger partial charge in [0.05, 0.1) is 5.92 Å². The second-order valence-corrected chi connectivity index (χ2v) is 7.29. The van der Waals surface area contributed by atoms with Gasteiger partial charge in [0.25, 0.3) is 0 Å². The molecule has 3 heteroatoms. The monoisotopic (exact) mass is 278 g/mol. The largest absolute Gasteiger partial charge is 0.369 e. The van der Waals surface area contributed by atoms with Crippen molar-refractivity contribution in [3.05, 3.63) is 11.1 Å². The zero-order chi connectivity index (χ0) is 14.8. The maximum absolute atomic E-state index is 11.3. The maximum Gasteiger partial charge on any atom is 0.221 e. The average molecular weight is 278 g/mol. The summed E-state index contributed by atoms with van der Waals surface area (Å²) in [6.07, 6.45) is 7.14. The molecule has 1 aliphatic carbocycles. The second-order valence-electron chi connectivity index (χ2n) is 7.29. The molecule has 1 atom stereocenters. The van der Waals surface area contributed by atoms with Gasteiger partial charge in [-0.1, -0.05) is 25.0 Å².